The van der Waals surface area contributed by atoms with Crippen molar-refractivity contribution >= 4 is 17.5 Å². The molecule has 0 saturated carbocycles. The first-order valence-corrected chi connectivity index (χ1v) is 7.47. The van der Waals surface area contributed by atoms with Crippen LogP contribution in [0.4, 0.5) is 0 Å². The topological polar surface area (TPSA) is 72.3 Å². The Morgan fingerprint density at radius 2 is 2.14 bits per heavy atom. The van der Waals surface area contributed by atoms with E-state index in [0.717, 1.165) is 11.3 Å². The maximum absolute atomic E-state index is 12.2. The van der Waals surface area contributed by atoms with Crippen LogP contribution in [0.15, 0.2) is 40.3 Å². The lowest BCUT2D eigenvalue weighted by molar-refractivity contribution is 0.416. The van der Waals surface area contributed by atoms with E-state index in [1.165, 1.54) is 22.3 Å². The monoisotopic (exact) mass is 302 g/mol. The second-order valence-electron chi connectivity index (χ2n) is 4.28. The summed E-state index contributed by atoms with van der Waals surface area (Å²) in [4.78, 5) is 21.0. The number of benzene rings is 1. The number of thioether (sulfide) groups is 1. The lowest BCUT2D eigenvalue weighted by atomic mass is 10.1. The van der Waals surface area contributed by atoms with Crippen molar-refractivity contribution in [3.05, 3.63) is 40.7 Å². The number of nitrogens with one attached hydrogen (secondary N) is 1. The van der Waals surface area contributed by atoms with Gasteiger partial charge in [-0.2, -0.15) is 9.50 Å². The van der Waals surface area contributed by atoms with Gasteiger partial charge in [0.1, 0.15) is 5.75 Å². The largest absolute Gasteiger partial charge is 0.496 e. The van der Waals surface area contributed by atoms with Crippen molar-refractivity contribution in [1.29, 1.82) is 0 Å². The van der Waals surface area contributed by atoms with Crippen LogP contribution >= 0.6 is 11.8 Å². The highest BCUT2D eigenvalue weighted by Gasteiger charge is 2.12. The number of aromatic nitrogens is 4. The molecule has 0 amide bonds. The highest BCUT2D eigenvalue weighted by molar-refractivity contribution is 7.99. The van der Waals surface area contributed by atoms with Gasteiger partial charge in [-0.05, 0) is 17.9 Å². The van der Waals surface area contributed by atoms with Crippen LogP contribution < -0.4 is 10.3 Å². The number of aromatic amines is 1. The summed E-state index contributed by atoms with van der Waals surface area (Å²) in [6.45, 7) is 2.02. The smallest absolute Gasteiger partial charge is 0.274 e. The second kappa shape index (κ2) is 5.61. The number of hydrogen-bond acceptors (Lipinski definition) is 5. The van der Waals surface area contributed by atoms with Crippen LogP contribution in [-0.4, -0.2) is 32.4 Å². The molecular formula is C14H14N4O2S. The molecule has 0 saturated heterocycles. The quantitative estimate of drug-likeness (QED) is 0.748. The minimum absolute atomic E-state index is 0.198. The minimum atomic E-state index is -0.198. The van der Waals surface area contributed by atoms with Gasteiger partial charge >= 0.3 is 0 Å². The Hall–Kier alpha value is -2.28. The second-order valence-corrected chi connectivity index (χ2v) is 5.53. The molecule has 2 aromatic heterocycles. The van der Waals surface area contributed by atoms with Crippen molar-refractivity contribution in [3.8, 4) is 17.0 Å². The van der Waals surface area contributed by atoms with Crippen LogP contribution in [-0.2, 0) is 0 Å². The van der Waals surface area contributed by atoms with Gasteiger partial charge in [0.2, 0.25) is 0 Å². The molecule has 1 aromatic carbocycles. The van der Waals surface area contributed by atoms with Crippen molar-refractivity contribution in [2.75, 3.05) is 12.9 Å². The van der Waals surface area contributed by atoms with Gasteiger partial charge in [0.15, 0.2) is 5.16 Å². The lowest BCUT2D eigenvalue weighted by Gasteiger charge is -2.06. The fraction of sp³-hybridized carbons (Fsp3) is 0.214. The summed E-state index contributed by atoms with van der Waals surface area (Å²) in [6.07, 6.45) is 0. The van der Waals surface area contributed by atoms with Gasteiger partial charge in [-0.15, -0.1) is 0 Å². The molecule has 108 valence electrons. The van der Waals surface area contributed by atoms with Gasteiger partial charge in [-0.3, -0.25) is 9.89 Å². The number of hydrogen-bond donors (Lipinski definition) is 1. The van der Waals surface area contributed by atoms with Crippen LogP contribution in [0.5, 0.6) is 5.75 Å². The zero-order valence-corrected chi connectivity index (χ0v) is 12.5. The Balaban J connectivity index is 2.18. The predicted octanol–water partition coefficient (Wildman–Crippen LogP) is 2.21. The predicted molar refractivity (Wildman–Crippen MR) is 82.0 cm³/mol. The summed E-state index contributed by atoms with van der Waals surface area (Å²) in [5.41, 5.74) is 1.13. The van der Waals surface area contributed by atoms with Crippen molar-refractivity contribution in [3.63, 3.8) is 0 Å². The maximum atomic E-state index is 12.2. The third-order valence-electron chi connectivity index (χ3n) is 2.97. The fourth-order valence-electron chi connectivity index (χ4n) is 2.06. The molecule has 0 aliphatic rings. The molecule has 3 aromatic rings. The first-order chi connectivity index (χ1) is 10.2. The Morgan fingerprint density at radius 1 is 1.33 bits per heavy atom. The molecule has 0 unspecified atom stereocenters. The summed E-state index contributed by atoms with van der Waals surface area (Å²) >= 11 is 1.53. The van der Waals surface area contributed by atoms with Crippen LogP contribution in [0, 0.1) is 0 Å². The number of fused-ring (bicyclic) bond motifs is 1. The van der Waals surface area contributed by atoms with Gasteiger partial charge in [0.25, 0.3) is 11.3 Å². The van der Waals surface area contributed by atoms with E-state index in [9.17, 15) is 4.79 Å². The number of rotatable bonds is 4. The third kappa shape index (κ3) is 2.52. The van der Waals surface area contributed by atoms with Gasteiger partial charge < -0.3 is 4.74 Å². The molecule has 0 radical (unpaired) electrons. The molecule has 21 heavy (non-hydrogen) atoms. The van der Waals surface area contributed by atoms with E-state index in [2.05, 4.69) is 15.1 Å². The number of ether oxygens (including phenoxy) is 1. The SMILES string of the molecule is CCSc1nc2nc(-c3ccccc3OC)cc(=O)n2[nH]1. The fourth-order valence-corrected chi connectivity index (χ4v) is 2.63. The first kappa shape index (κ1) is 13.7. The summed E-state index contributed by atoms with van der Waals surface area (Å²) in [5, 5.41) is 3.61. The summed E-state index contributed by atoms with van der Waals surface area (Å²) in [6, 6.07) is 8.93. The lowest BCUT2D eigenvalue weighted by Crippen LogP contribution is -2.14. The van der Waals surface area contributed by atoms with E-state index < -0.39 is 0 Å². The molecule has 0 spiro atoms. The zero-order valence-electron chi connectivity index (χ0n) is 11.7. The molecule has 3 rings (SSSR count). The first-order valence-electron chi connectivity index (χ1n) is 6.49. The van der Waals surface area contributed by atoms with Crippen molar-refractivity contribution in [1.82, 2.24) is 19.6 Å². The number of methoxy groups -OCH3 is 1. The number of H-pyrrole nitrogens is 1. The van der Waals surface area contributed by atoms with Gasteiger partial charge in [-0.25, -0.2) is 4.98 Å². The highest BCUT2D eigenvalue weighted by atomic mass is 32.2. The van der Waals surface area contributed by atoms with E-state index >= 15 is 0 Å². The van der Waals surface area contributed by atoms with Crippen molar-refractivity contribution in [2.45, 2.75) is 12.1 Å². The van der Waals surface area contributed by atoms with Crippen LogP contribution in [0.1, 0.15) is 6.92 Å². The number of nitrogens with zero attached hydrogens (tertiary/aromatic N) is 3. The molecular weight excluding hydrogens is 288 g/mol. The normalized spacial score (nSPS) is 11.0. The van der Waals surface area contributed by atoms with Gasteiger partial charge in [0, 0.05) is 11.6 Å². The maximum Gasteiger partial charge on any atom is 0.274 e. The minimum Gasteiger partial charge on any atom is -0.496 e. The van der Waals surface area contributed by atoms with Crippen molar-refractivity contribution in [2.24, 2.45) is 0 Å². The van der Waals surface area contributed by atoms with Crippen LogP contribution in [0.3, 0.4) is 0 Å². The molecule has 1 N–H and O–H groups in total. The van der Waals surface area contributed by atoms with Crippen LogP contribution in [0.2, 0.25) is 0 Å². The molecule has 0 fully saturated rings. The molecule has 0 bridgehead atoms. The Bertz CT molecular complexity index is 840. The Kier molecular flexibility index (Phi) is 3.66. The van der Waals surface area contributed by atoms with Crippen molar-refractivity contribution < 1.29 is 4.74 Å². The average molecular weight is 302 g/mol. The van der Waals surface area contributed by atoms with E-state index in [1.54, 1.807) is 7.11 Å². The van der Waals surface area contributed by atoms with Crippen LogP contribution in [0.25, 0.3) is 17.0 Å². The molecule has 2 heterocycles. The molecule has 7 heteroatoms. The standard InChI is InChI=1S/C14H14N4O2S/c1-3-21-14-16-13-15-10(8-12(19)18(13)17-14)9-6-4-5-7-11(9)20-2/h4-8H,3H2,1-2H3,(H,15,16,17). The summed E-state index contributed by atoms with van der Waals surface area (Å²) in [7, 11) is 1.59. The van der Waals surface area contributed by atoms with E-state index in [0.29, 0.717) is 22.4 Å². The van der Waals surface area contributed by atoms with E-state index in [-0.39, 0.29) is 5.56 Å². The molecule has 0 aliphatic heterocycles. The third-order valence-corrected chi connectivity index (χ3v) is 3.72. The Morgan fingerprint density at radius 3 is 2.90 bits per heavy atom. The molecule has 6 nitrogen and oxygen atoms in total. The summed E-state index contributed by atoms with van der Waals surface area (Å²) < 4.78 is 6.66. The van der Waals surface area contributed by atoms with Gasteiger partial charge in [-0.1, -0.05) is 30.8 Å². The zero-order chi connectivity index (χ0) is 14.8. The Labute approximate surface area is 125 Å². The molecule has 0 aliphatic carbocycles. The van der Waals surface area contributed by atoms with E-state index in [4.69, 9.17) is 4.74 Å². The average Bonchev–Trinajstić information content (AvgIpc) is 2.91. The van der Waals surface area contributed by atoms with Gasteiger partial charge in [0.05, 0.1) is 12.8 Å². The number of para-hydroxylation sites is 1. The highest BCUT2D eigenvalue weighted by Crippen LogP contribution is 2.27. The van der Waals surface area contributed by atoms with E-state index in [1.807, 2.05) is 31.2 Å². The molecule has 0 atom stereocenters. The summed E-state index contributed by atoms with van der Waals surface area (Å²) in [5.74, 6) is 1.90.